The average Bonchev–Trinajstić information content (AvgIpc) is 3.20. The molecule has 4 rings (SSSR count). The Balaban J connectivity index is 1.47. The molecule has 2 aromatic carbocycles. The molecule has 0 N–H and O–H groups in total. The van der Waals surface area contributed by atoms with Gasteiger partial charge < -0.3 is 13.7 Å². The lowest BCUT2D eigenvalue weighted by Gasteiger charge is -2.02. The third-order valence-electron chi connectivity index (χ3n) is 4.28. The first-order valence-electron chi connectivity index (χ1n) is 8.76. The molecule has 7 heteroatoms. The molecular formula is C21H16N2O5. The number of nitrogens with zero attached hydrogens (tertiary/aromatic N) is 2. The second kappa shape index (κ2) is 7.48. The Morgan fingerprint density at radius 1 is 1.11 bits per heavy atom. The molecule has 0 radical (unpaired) electrons. The van der Waals surface area contributed by atoms with Gasteiger partial charge >= 0.3 is 11.6 Å². The number of fused-ring (bicyclic) bond motifs is 1. The SMILES string of the molecule is CCc1ccc(-c2noc(COC(=O)c3cc4ccccc4oc3=O)n2)cc1. The molecule has 4 aromatic rings. The number of carbonyl (C=O) groups is 1. The summed E-state index contributed by atoms with van der Waals surface area (Å²) < 4.78 is 15.4. The minimum Gasteiger partial charge on any atom is -0.452 e. The van der Waals surface area contributed by atoms with E-state index >= 15 is 0 Å². The van der Waals surface area contributed by atoms with Crippen molar-refractivity contribution in [3.05, 3.63) is 82.0 Å². The first-order valence-corrected chi connectivity index (χ1v) is 8.76. The van der Waals surface area contributed by atoms with Crippen molar-refractivity contribution >= 4 is 16.9 Å². The van der Waals surface area contributed by atoms with Crippen molar-refractivity contribution in [2.24, 2.45) is 0 Å². The molecule has 28 heavy (non-hydrogen) atoms. The molecule has 0 spiro atoms. The predicted molar refractivity (Wildman–Crippen MR) is 101 cm³/mol. The van der Waals surface area contributed by atoms with Gasteiger partial charge in [-0.15, -0.1) is 0 Å². The first kappa shape index (κ1) is 17.7. The van der Waals surface area contributed by atoms with Gasteiger partial charge in [0.2, 0.25) is 5.82 Å². The van der Waals surface area contributed by atoms with Gasteiger partial charge in [0.25, 0.3) is 5.89 Å². The molecule has 0 saturated carbocycles. The minimum atomic E-state index is -0.813. The number of ether oxygens (including phenoxy) is 1. The molecule has 2 aromatic heterocycles. The van der Waals surface area contributed by atoms with E-state index in [4.69, 9.17) is 13.7 Å². The van der Waals surface area contributed by atoms with Crippen LogP contribution in [0.15, 0.2) is 68.3 Å². The fourth-order valence-corrected chi connectivity index (χ4v) is 2.73. The molecule has 0 aliphatic rings. The number of hydrogen-bond acceptors (Lipinski definition) is 7. The molecule has 7 nitrogen and oxygen atoms in total. The van der Waals surface area contributed by atoms with E-state index in [0.29, 0.717) is 16.8 Å². The quantitative estimate of drug-likeness (QED) is 0.386. The van der Waals surface area contributed by atoms with Crippen molar-refractivity contribution in [3.8, 4) is 11.4 Å². The number of esters is 1. The van der Waals surface area contributed by atoms with Crippen LogP contribution in [0.25, 0.3) is 22.4 Å². The van der Waals surface area contributed by atoms with E-state index in [1.54, 1.807) is 24.3 Å². The fourth-order valence-electron chi connectivity index (χ4n) is 2.73. The van der Waals surface area contributed by atoms with E-state index in [2.05, 4.69) is 17.1 Å². The van der Waals surface area contributed by atoms with E-state index in [0.717, 1.165) is 12.0 Å². The van der Waals surface area contributed by atoms with Gasteiger partial charge in [-0.1, -0.05) is 54.5 Å². The van der Waals surface area contributed by atoms with Crippen molar-refractivity contribution in [2.45, 2.75) is 20.0 Å². The highest BCUT2D eigenvalue weighted by atomic mass is 16.6. The Morgan fingerprint density at radius 2 is 1.89 bits per heavy atom. The summed E-state index contributed by atoms with van der Waals surface area (Å²) in [7, 11) is 0. The zero-order valence-corrected chi connectivity index (χ0v) is 15.0. The van der Waals surface area contributed by atoms with E-state index < -0.39 is 11.6 Å². The smallest absolute Gasteiger partial charge is 0.351 e. The topological polar surface area (TPSA) is 95.4 Å². The predicted octanol–water partition coefficient (Wildman–Crippen LogP) is 3.76. The number of carbonyl (C=O) groups excluding carboxylic acids is 1. The summed E-state index contributed by atoms with van der Waals surface area (Å²) >= 11 is 0. The summed E-state index contributed by atoms with van der Waals surface area (Å²) in [6.45, 7) is 1.83. The van der Waals surface area contributed by atoms with Crippen molar-refractivity contribution in [2.75, 3.05) is 0 Å². The minimum absolute atomic E-state index is 0.132. The molecule has 0 aliphatic carbocycles. The van der Waals surface area contributed by atoms with Crippen LogP contribution in [-0.4, -0.2) is 16.1 Å². The van der Waals surface area contributed by atoms with E-state index in [1.165, 1.54) is 11.6 Å². The van der Waals surface area contributed by atoms with Crippen LogP contribution >= 0.6 is 0 Å². The zero-order valence-electron chi connectivity index (χ0n) is 15.0. The number of benzene rings is 2. The number of aryl methyl sites for hydroxylation is 1. The molecule has 0 unspecified atom stereocenters. The summed E-state index contributed by atoms with van der Waals surface area (Å²) in [6.07, 6.45) is 0.941. The van der Waals surface area contributed by atoms with Gasteiger partial charge in [0.1, 0.15) is 11.1 Å². The molecule has 0 aliphatic heterocycles. The van der Waals surface area contributed by atoms with Gasteiger partial charge in [0, 0.05) is 10.9 Å². The molecule has 0 saturated heterocycles. The lowest BCUT2D eigenvalue weighted by molar-refractivity contribution is 0.0425. The van der Waals surface area contributed by atoms with Crippen LogP contribution in [0.2, 0.25) is 0 Å². The van der Waals surface area contributed by atoms with Gasteiger partial charge in [0.05, 0.1) is 0 Å². The van der Waals surface area contributed by atoms with Gasteiger partial charge in [-0.3, -0.25) is 0 Å². The first-order chi connectivity index (χ1) is 13.6. The molecule has 0 atom stereocenters. The molecule has 0 fully saturated rings. The van der Waals surface area contributed by atoms with Gasteiger partial charge in [-0.05, 0) is 24.1 Å². The lowest BCUT2D eigenvalue weighted by Crippen LogP contribution is -2.16. The largest absolute Gasteiger partial charge is 0.452 e. The highest BCUT2D eigenvalue weighted by Crippen LogP contribution is 2.18. The van der Waals surface area contributed by atoms with Gasteiger partial charge in [-0.2, -0.15) is 4.98 Å². The number of hydrogen-bond donors (Lipinski definition) is 0. The number of para-hydroxylation sites is 1. The van der Waals surface area contributed by atoms with Gasteiger partial charge in [0.15, 0.2) is 6.61 Å². The van der Waals surface area contributed by atoms with Crippen LogP contribution in [0.5, 0.6) is 0 Å². The maximum atomic E-state index is 12.3. The van der Waals surface area contributed by atoms with Crippen LogP contribution in [0.3, 0.4) is 0 Å². The third-order valence-corrected chi connectivity index (χ3v) is 4.28. The van der Waals surface area contributed by atoms with Crippen LogP contribution in [0.4, 0.5) is 0 Å². The summed E-state index contributed by atoms with van der Waals surface area (Å²) in [5.74, 6) is -0.279. The van der Waals surface area contributed by atoms with E-state index in [-0.39, 0.29) is 18.1 Å². The Morgan fingerprint density at radius 3 is 2.68 bits per heavy atom. The highest BCUT2D eigenvalue weighted by molar-refractivity contribution is 5.92. The van der Waals surface area contributed by atoms with Crippen LogP contribution in [0, 0.1) is 0 Å². The van der Waals surface area contributed by atoms with Crippen molar-refractivity contribution in [1.29, 1.82) is 0 Å². The molecule has 0 amide bonds. The van der Waals surface area contributed by atoms with Crippen LogP contribution < -0.4 is 5.63 Å². The van der Waals surface area contributed by atoms with Gasteiger partial charge in [-0.25, -0.2) is 9.59 Å². The number of aromatic nitrogens is 2. The molecule has 0 bridgehead atoms. The standard InChI is InChI=1S/C21H16N2O5/c1-2-13-7-9-14(10-8-13)19-22-18(28-23-19)12-26-20(24)16-11-15-5-3-4-6-17(15)27-21(16)25/h3-11H,2,12H2,1H3. The third kappa shape index (κ3) is 3.55. The van der Waals surface area contributed by atoms with Crippen molar-refractivity contribution < 1.29 is 18.5 Å². The Kier molecular flexibility index (Phi) is 4.72. The second-order valence-corrected chi connectivity index (χ2v) is 6.12. The summed E-state index contributed by atoms with van der Waals surface area (Å²) in [5.41, 5.74) is 1.46. The number of rotatable bonds is 5. The Labute approximate surface area is 159 Å². The Bertz CT molecular complexity index is 1190. The molecule has 2 heterocycles. The summed E-state index contributed by atoms with van der Waals surface area (Å²) in [4.78, 5) is 28.5. The second-order valence-electron chi connectivity index (χ2n) is 6.12. The van der Waals surface area contributed by atoms with Crippen LogP contribution in [0.1, 0.15) is 28.7 Å². The lowest BCUT2D eigenvalue weighted by atomic mass is 10.1. The summed E-state index contributed by atoms with van der Waals surface area (Å²) in [5, 5.41) is 4.52. The molecular weight excluding hydrogens is 360 g/mol. The van der Waals surface area contributed by atoms with E-state index in [1.807, 2.05) is 24.3 Å². The van der Waals surface area contributed by atoms with Crippen molar-refractivity contribution in [3.63, 3.8) is 0 Å². The monoisotopic (exact) mass is 376 g/mol. The zero-order chi connectivity index (χ0) is 19.5. The molecule has 140 valence electrons. The average molecular weight is 376 g/mol. The van der Waals surface area contributed by atoms with E-state index in [9.17, 15) is 9.59 Å². The maximum Gasteiger partial charge on any atom is 0.351 e. The Hall–Kier alpha value is -3.74. The summed E-state index contributed by atoms with van der Waals surface area (Å²) in [6, 6.07) is 16.1. The van der Waals surface area contributed by atoms with Crippen LogP contribution in [-0.2, 0) is 17.8 Å². The normalized spacial score (nSPS) is 10.9. The maximum absolute atomic E-state index is 12.3. The highest BCUT2D eigenvalue weighted by Gasteiger charge is 2.17. The fraction of sp³-hybridized carbons (Fsp3) is 0.143. The van der Waals surface area contributed by atoms with Crippen molar-refractivity contribution in [1.82, 2.24) is 10.1 Å².